The maximum Gasteiger partial charge on any atom is 0.274 e. The van der Waals surface area contributed by atoms with Crippen molar-refractivity contribution in [2.45, 2.75) is 0 Å². The average molecular weight is 191 g/mol. The molecule has 0 bridgehead atoms. The molecule has 0 atom stereocenters. The molecule has 2 rings (SSSR count). The zero-order valence-corrected chi connectivity index (χ0v) is 7.57. The lowest BCUT2D eigenvalue weighted by molar-refractivity contribution is 0.704. The van der Waals surface area contributed by atoms with Crippen LogP contribution in [0.3, 0.4) is 0 Å². The van der Waals surface area contributed by atoms with Crippen LogP contribution in [-0.4, -0.2) is 9.78 Å². The van der Waals surface area contributed by atoms with E-state index in [1.54, 1.807) is 18.2 Å². The third-order valence-electron chi connectivity index (χ3n) is 2.13. The van der Waals surface area contributed by atoms with Crippen molar-refractivity contribution in [2.24, 2.45) is 7.05 Å². The number of H-pyrrole nitrogens is 1. The van der Waals surface area contributed by atoms with E-state index < -0.39 is 0 Å². The van der Waals surface area contributed by atoms with E-state index in [-0.39, 0.29) is 16.5 Å². The van der Waals surface area contributed by atoms with E-state index in [4.69, 9.17) is 5.73 Å². The number of nitrogen functional groups attached to an aromatic ring is 1. The monoisotopic (exact) mass is 191 g/mol. The first-order valence-corrected chi connectivity index (χ1v) is 4.09. The van der Waals surface area contributed by atoms with Gasteiger partial charge in [-0.15, -0.1) is 0 Å². The molecular formula is C9H9N3O2. The van der Waals surface area contributed by atoms with Gasteiger partial charge in [-0.3, -0.25) is 19.4 Å². The van der Waals surface area contributed by atoms with Crippen LogP contribution in [0.1, 0.15) is 0 Å². The smallest absolute Gasteiger partial charge is 0.274 e. The van der Waals surface area contributed by atoms with Crippen LogP contribution in [0.2, 0.25) is 0 Å². The lowest BCUT2D eigenvalue weighted by atomic mass is 10.1. The highest BCUT2D eigenvalue weighted by atomic mass is 16.1. The Kier molecular flexibility index (Phi) is 1.67. The molecule has 5 heteroatoms. The number of aromatic amines is 1. The molecule has 0 saturated heterocycles. The number of nitrogens with two attached hydrogens (primary N) is 1. The van der Waals surface area contributed by atoms with Gasteiger partial charge in [0.15, 0.2) is 0 Å². The van der Waals surface area contributed by atoms with Crippen molar-refractivity contribution in [3.05, 3.63) is 38.9 Å². The van der Waals surface area contributed by atoms with Crippen molar-refractivity contribution in [1.82, 2.24) is 9.78 Å². The van der Waals surface area contributed by atoms with Crippen molar-refractivity contribution in [3.8, 4) is 0 Å². The summed E-state index contributed by atoms with van der Waals surface area (Å²) in [6.45, 7) is 0. The minimum atomic E-state index is -0.311. The Morgan fingerprint density at radius 1 is 1.36 bits per heavy atom. The number of hydrogen-bond donors (Lipinski definition) is 2. The van der Waals surface area contributed by atoms with Crippen LogP contribution in [0.4, 0.5) is 5.69 Å². The molecule has 1 aromatic heterocycles. The zero-order valence-electron chi connectivity index (χ0n) is 7.57. The number of aryl methyl sites for hydroxylation is 1. The molecule has 0 aliphatic heterocycles. The van der Waals surface area contributed by atoms with E-state index in [0.717, 1.165) is 4.68 Å². The standard InChI is InChI=1S/C9H9N3O2/c1-12-9(14)7-5(8(13)11-12)3-2-4-6(7)10/h2-4H,10H2,1H3,(H,11,13). The summed E-state index contributed by atoms with van der Waals surface area (Å²) < 4.78 is 1.13. The molecule has 0 saturated carbocycles. The predicted octanol–water partition coefficient (Wildman–Crippen LogP) is -0.191. The Labute approximate surface area is 78.8 Å². The minimum Gasteiger partial charge on any atom is -0.398 e. The number of benzene rings is 1. The summed E-state index contributed by atoms with van der Waals surface area (Å²) in [6, 6.07) is 4.82. The van der Waals surface area contributed by atoms with Gasteiger partial charge in [-0.25, -0.2) is 0 Å². The predicted molar refractivity (Wildman–Crippen MR) is 54.2 cm³/mol. The van der Waals surface area contributed by atoms with Gasteiger partial charge >= 0.3 is 0 Å². The molecule has 0 radical (unpaired) electrons. The molecule has 0 fully saturated rings. The highest BCUT2D eigenvalue weighted by molar-refractivity contribution is 5.91. The second kappa shape index (κ2) is 2.73. The molecule has 0 aliphatic carbocycles. The summed E-state index contributed by atoms with van der Waals surface area (Å²) in [5, 5.41) is 3.01. The van der Waals surface area contributed by atoms with Crippen LogP contribution in [-0.2, 0) is 7.05 Å². The van der Waals surface area contributed by atoms with Crippen molar-refractivity contribution in [1.29, 1.82) is 0 Å². The number of hydrogen-bond acceptors (Lipinski definition) is 3. The van der Waals surface area contributed by atoms with Gasteiger partial charge in [0.05, 0.1) is 10.8 Å². The first kappa shape index (κ1) is 8.55. The van der Waals surface area contributed by atoms with E-state index in [1.807, 2.05) is 0 Å². The first-order valence-electron chi connectivity index (χ1n) is 4.09. The Balaban J connectivity index is 3.20. The Hall–Kier alpha value is -2.04. The molecule has 72 valence electrons. The van der Waals surface area contributed by atoms with E-state index in [2.05, 4.69) is 5.10 Å². The van der Waals surface area contributed by atoms with Gasteiger partial charge in [-0.1, -0.05) is 6.07 Å². The average Bonchev–Trinajstić information content (AvgIpc) is 2.14. The summed E-state index contributed by atoms with van der Waals surface area (Å²) in [5.41, 5.74) is 5.35. The van der Waals surface area contributed by atoms with Gasteiger partial charge in [0.2, 0.25) is 0 Å². The highest BCUT2D eigenvalue weighted by Crippen LogP contribution is 2.12. The molecule has 1 heterocycles. The third-order valence-corrected chi connectivity index (χ3v) is 2.13. The lowest BCUT2D eigenvalue weighted by Crippen LogP contribution is -2.27. The Morgan fingerprint density at radius 3 is 2.79 bits per heavy atom. The normalized spacial score (nSPS) is 10.6. The van der Waals surface area contributed by atoms with Gasteiger partial charge in [-0.05, 0) is 12.1 Å². The second-order valence-electron chi connectivity index (χ2n) is 3.07. The fraction of sp³-hybridized carbons (Fsp3) is 0.111. The van der Waals surface area contributed by atoms with Crippen molar-refractivity contribution < 1.29 is 0 Å². The molecular weight excluding hydrogens is 182 g/mol. The Morgan fingerprint density at radius 2 is 2.07 bits per heavy atom. The Bertz CT molecular complexity index is 609. The van der Waals surface area contributed by atoms with Crippen LogP contribution in [0.15, 0.2) is 27.8 Å². The summed E-state index contributed by atoms with van der Waals surface area (Å²) in [6.07, 6.45) is 0. The summed E-state index contributed by atoms with van der Waals surface area (Å²) in [5.74, 6) is 0. The quantitative estimate of drug-likeness (QED) is 0.566. The van der Waals surface area contributed by atoms with Crippen molar-refractivity contribution in [3.63, 3.8) is 0 Å². The van der Waals surface area contributed by atoms with Gasteiger partial charge < -0.3 is 5.73 Å². The summed E-state index contributed by atoms with van der Waals surface area (Å²) in [7, 11) is 1.48. The van der Waals surface area contributed by atoms with Gasteiger partial charge in [0.25, 0.3) is 11.1 Å². The highest BCUT2D eigenvalue weighted by Gasteiger charge is 2.06. The van der Waals surface area contributed by atoms with E-state index in [1.165, 1.54) is 7.05 Å². The maximum atomic E-state index is 11.6. The molecule has 0 unspecified atom stereocenters. The topological polar surface area (TPSA) is 80.9 Å². The first-order chi connectivity index (χ1) is 6.61. The van der Waals surface area contributed by atoms with E-state index in [0.29, 0.717) is 11.1 Å². The van der Waals surface area contributed by atoms with E-state index >= 15 is 0 Å². The van der Waals surface area contributed by atoms with Crippen molar-refractivity contribution in [2.75, 3.05) is 5.73 Å². The third kappa shape index (κ3) is 1.02. The lowest BCUT2D eigenvalue weighted by Gasteiger charge is -2.02. The van der Waals surface area contributed by atoms with Crippen LogP contribution in [0.5, 0.6) is 0 Å². The molecule has 5 nitrogen and oxygen atoms in total. The fourth-order valence-electron chi connectivity index (χ4n) is 1.43. The molecule has 0 amide bonds. The van der Waals surface area contributed by atoms with Crippen LogP contribution in [0, 0.1) is 0 Å². The molecule has 2 aromatic rings. The minimum absolute atomic E-state index is 0.277. The van der Waals surface area contributed by atoms with Crippen LogP contribution in [0.25, 0.3) is 10.8 Å². The summed E-state index contributed by atoms with van der Waals surface area (Å²) >= 11 is 0. The second-order valence-corrected chi connectivity index (χ2v) is 3.07. The molecule has 14 heavy (non-hydrogen) atoms. The molecule has 3 N–H and O–H groups in total. The van der Waals surface area contributed by atoms with Gasteiger partial charge in [0, 0.05) is 12.7 Å². The molecule has 0 aliphatic rings. The summed E-state index contributed by atoms with van der Waals surface area (Å²) in [4.78, 5) is 23.0. The SMILES string of the molecule is Cn1[nH]c(=O)c2cccc(N)c2c1=O. The van der Waals surface area contributed by atoms with Gasteiger partial charge in [-0.2, -0.15) is 0 Å². The van der Waals surface area contributed by atoms with Gasteiger partial charge in [0.1, 0.15) is 0 Å². The largest absolute Gasteiger partial charge is 0.398 e. The number of anilines is 1. The number of fused-ring (bicyclic) bond motifs is 1. The number of rotatable bonds is 0. The van der Waals surface area contributed by atoms with Crippen molar-refractivity contribution >= 4 is 16.5 Å². The number of nitrogens with zero attached hydrogens (tertiary/aromatic N) is 1. The fourth-order valence-corrected chi connectivity index (χ4v) is 1.43. The molecule has 1 aromatic carbocycles. The number of nitrogens with one attached hydrogen (secondary N) is 1. The zero-order chi connectivity index (χ0) is 10.3. The van der Waals surface area contributed by atoms with Crippen LogP contribution < -0.4 is 16.9 Å². The van der Waals surface area contributed by atoms with E-state index in [9.17, 15) is 9.59 Å². The maximum absolute atomic E-state index is 11.6. The van der Waals surface area contributed by atoms with Crippen LogP contribution >= 0.6 is 0 Å². The molecule has 0 spiro atoms. The number of aromatic nitrogens is 2.